The summed E-state index contributed by atoms with van der Waals surface area (Å²) in [6.45, 7) is 3.39. The first kappa shape index (κ1) is 21.8. The smallest absolute Gasteiger partial charge is 0.294 e. The van der Waals surface area contributed by atoms with E-state index in [1.165, 1.54) is 18.7 Å². The van der Waals surface area contributed by atoms with Crippen molar-refractivity contribution in [1.82, 2.24) is 14.9 Å². The molecular weight excluding hydrogens is 423 g/mol. The highest BCUT2D eigenvalue weighted by atomic mass is 19.1. The Kier molecular flexibility index (Phi) is 5.34. The fourth-order valence-electron chi connectivity index (χ4n) is 6.79. The Hall–Kier alpha value is -3.03. The number of nitrogens with zero attached hydrogens (tertiary/aromatic N) is 2. The van der Waals surface area contributed by atoms with Crippen LogP contribution in [0.5, 0.6) is 0 Å². The number of nitrogens with one attached hydrogen (secondary N) is 2. The number of aromatic nitrogens is 2. The molecule has 7 nitrogen and oxygen atoms in total. The second kappa shape index (κ2) is 8.08. The fraction of sp³-hybridized carbons (Fsp3) is 0.520. The van der Waals surface area contributed by atoms with Crippen molar-refractivity contribution in [1.29, 1.82) is 0 Å². The Labute approximate surface area is 192 Å². The Morgan fingerprint density at radius 2 is 1.70 bits per heavy atom. The minimum absolute atomic E-state index is 0.0697. The molecule has 2 amide bonds. The van der Waals surface area contributed by atoms with E-state index in [0.717, 1.165) is 43.6 Å². The SMILES string of the molecule is Cc1c(C(=O)Nc2ccnc(F)c2)c(C)n(C)c1C(=O)C(=O)NC1C2CC3CC(C2)CC1C3. The van der Waals surface area contributed by atoms with E-state index >= 15 is 0 Å². The lowest BCUT2D eigenvalue weighted by Gasteiger charge is -2.54. The summed E-state index contributed by atoms with van der Waals surface area (Å²) in [5.74, 6) is 0.111. The summed E-state index contributed by atoms with van der Waals surface area (Å²) in [5, 5.41) is 5.71. The van der Waals surface area contributed by atoms with Crippen LogP contribution in [0.15, 0.2) is 18.3 Å². The molecule has 33 heavy (non-hydrogen) atoms. The number of carbonyl (C=O) groups is 3. The number of anilines is 1. The van der Waals surface area contributed by atoms with Crippen molar-refractivity contribution in [2.75, 3.05) is 5.32 Å². The van der Waals surface area contributed by atoms with Crippen molar-refractivity contribution in [2.24, 2.45) is 30.7 Å². The molecule has 4 fully saturated rings. The molecule has 0 unspecified atom stereocenters. The van der Waals surface area contributed by atoms with Crippen LogP contribution in [0.3, 0.4) is 0 Å². The quantitative estimate of drug-likeness (QED) is 0.412. The van der Waals surface area contributed by atoms with E-state index in [4.69, 9.17) is 0 Å². The highest BCUT2D eigenvalue weighted by Gasteiger charge is 2.49. The number of pyridine rings is 1. The van der Waals surface area contributed by atoms with Gasteiger partial charge in [0.2, 0.25) is 5.95 Å². The largest absolute Gasteiger partial charge is 0.346 e. The number of hydrogen-bond donors (Lipinski definition) is 2. The van der Waals surface area contributed by atoms with Gasteiger partial charge < -0.3 is 15.2 Å². The maximum atomic E-state index is 13.4. The Balaban J connectivity index is 1.35. The highest BCUT2D eigenvalue weighted by Crippen LogP contribution is 2.53. The normalized spacial score (nSPS) is 27.5. The second-order valence-corrected chi connectivity index (χ2v) is 10.1. The fourth-order valence-corrected chi connectivity index (χ4v) is 6.79. The number of amides is 2. The number of hydrogen-bond acceptors (Lipinski definition) is 4. The molecule has 0 atom stereocenters. The molecule has 4 saturated carbocycles. The van der Waals surface area contributed by atoms with Crippen molar-refractivity contribution in [2.45, 2.75) is 52.0 Å². The Morgan fingerprint density at radius 3 is 2.30 bits per heavy atom. The standard InChI is InChI=1S/C25H29FN4O3/c1-12-20(24(32)28-18-4-5-27-19(26)11-18)13(2)30(3)22(12)23(31)25(33)29-21-16-7-14-6-15(9-16)10-17(21)8-14/h4-5,11,14-17,21H,6-10H2,1-3H3,(H,29,33)(H,27,28,32). The van der Waals surface area contributed by atoms with Crippen LogP contribution in [-0.2, 0) is 11.8 Å². The number of halogens is 1. The van der Waals surface area contributed by atoms with Crippen LogP contribution >= 0.6 is 0 Å². The van der Waals surface area contributed by atoms with E-state index in [1.807, 2.05) is 0 Å². The molecule has 2 aromatic heterocycles. The van der Waals surface area contributed by atoms with E-state index in [-0.39, 0.29) is 17.4 Å². The molecule has 2 aromatic rings. The van der Waals surface area contributed by atoms with Gasteiger partial charge in [-0.1, -0.05) is 0 Å². The van der Waals surface area contributed by atoms with Gasteiger partial charge in [0.1, 0.15) is 0 Å². The number of ketones is 1. The minimum Gasteiger partial charge on any atom is -0.346 e. The third-order valence-corrected chi connectivity index (χ3v) is 8.09. The van der Waals surface area contributed by atoms with Crippen molar-refractivity contribution < 1.29 is 18.8 Å². The highest BCUT2D eigenvalue weighted by molar-refractivity contribution is 6.43. The lowest BCUT2D eigenvalue weighted by molar-refractivity contribution is -0.120. The van der Waals surface area contributed by atoms with Gasteiger partial charge in [0.05, 0.1) is 11.3 Å². The molecule has 0 spiro atoms. The van der Waals surface area contributed by atoms with Gasteiger partial charge in [0, 0.05) is 36.7 Å². The topological polar surface area (TPSA) is 93.1 Å². The summed E-state index contributed by atoms with van der Waals surface area (Å²) >= 11 is 0. The van der Waals surface area contributed by atoms with Gasteiger partial charge in [-0.05, 0) is 81.3 Å². The molecule has 6 rings (SSSR count). The van der Waals surface area contributed by atoms with Crippen LogP contribution in [0, 0.1) is 43.5 Å². The first-order chi connectivity index (χ1) is 15.7. The molecule has 4 aliphatic carbocycles. The molecule has 174 valence electrons. The number of Topliss-reactive ketones (excluding diaryl/α,β-unsaturated/α-hetero) is 1. The first-order valence-electron chi connectivity index (χ1n) is 11.7. The predicted octanol–water partition coefficient (Wildman–Crippen LogP) is 3.55. The van der Waals surface area contributed by atoms with Crippen LogP contribution in [0.2, 0.25) is 0 Å². The van der Waals surface area contributed by atoms with Gasteiger partial charge in [0.15, 0.2) is 0 Å². The van der Waals surface area contributed by atoms with Crippen LogP contribution in [0.4, 0.5) is 10.1 Å². The summed E-state index contributed by atoms with van der Waals surface area (Å²) in [7, 11) is 1.68. The third-order valence-electron chi connectivity index (χ3n) is 8.09. The van der Waals surface area contributed by atoms with Gasteiger partial charge in [-0.2, -0.15) is 4.39 Å². The summed E-state index contributed by atoms with van der Waals surface area (Å²) in [4.78, 5) is 42.7. The van der Waals surface area contributed by atoms with Crippen molar-refractivity contribution >= 4 is 23.3 Å². The maximum absolute atomic E-state index is 13.4. The van der Waals surface area contributed by atoms with Gasteiger partial charge >= 0.3 is 0 Å². The molecule has 0 aromatic carbocycles. The molecule has 0 radical (unpaired) electrons. The molecule has 8 heteroatoms. The maximum Gasteiger partial charge on any atom is 0.294 e. The zero-order valence-corrected chi connectivity index (χ0v) is 19.2. The zero-order chi connectivity index (χ0) is 23.4. The van der Waals surface area contributed by atoms with Crippen LogP contribution in [0.1, 0.15) is 64.2 Å². The molecule has 4 aliphatic rings. The van der Waals surface area contributed by atoms with Crippen molar-refractivity contribution in [3.8, 4) is 0 Å². The van der Waals surface area contributed by atoms with Crippen LogP contribution in [0.25, 0.3) is 0 Å². The molecule has 4 bridgehead atoms. The molecular formula is C25H29FN4O3. The third kappa shape index (κ3) is 3.75. The van der Waals surface area contributed by atoms with Crippen LogP contribution in [-0.4, -0.2) is 33.2 Å². The van der Waals surface area contributed by atoms with E-state index < -0.39 is 23.5 Å². The second-order valence-electron chi connectivity index (χ2n) is 10.1. The summed E-state index contributed by atoms with van der Waals surface area (Å²) in [6.07, 6.45) is 7.18. The monoisotopic (exact) mass is 452 g/mol. The lowest BCUT2D eigenvalue weighted by Crippen LogP contribution is -2.56. The van der Waals surface area contributed by atoms with Crippen molar-refractivity contribution in [3.05, 3.63) is 46.8 Å². The Morgan fingerprint density at radius 1 is 1.06 bits per heavy atom. The van der Waals surface area contributed by atoms with Gasteiger partial charge in [-0.25, -0.2) is 4.98 Å². The van der Waals surface area contributed by atoms with E-state index in [2.05, 4.69) is 15.6 Å². The van der Waals surface area contributed by atoms with E-state index in [9.17, 15) is 18.8 Å². The number of rotatable bonds is 5. The number of carbonyl (C=O) groups excluding carboxylic acids is 3. The van der Waals surface area contributed by atoms with Crippen molar-refractivity contribution in [3.63, 3.8) is 0 Å². The summed E-state index contributed by atoms with van der Waals surface area (Å²) in [6, 6.07) is 2.68. The first-order valence-corrected chi connectivity index (χ1v) is 11.7. The zero-order valence-electron chi connectivity index (χ0n) is 19.2. The van der Waals surface area contributed by atoms with Gasteiger partial charge in [0.25, 0.3) is 17.6 Å². The summed E-state index contributed by atoms with van der Waals surface area (Å²) in [5.41, 5.74) is 1.78. The molecule has 2 heterocycles. The predicted molar refractivity (Wildman–Crippen MR) is 120 cm³/mol. The average Bonchev–Trinajstić information content (AvgIpc) is 2.97. The average molecular weight is 453 g/mol. The molecule has 0 saturated heterocycles. The van der Waals surface area contributed by atoms with Gasteiger partial charge in [-0.3, -0.25) is 14.4 Å². The molecule has 0 aliphatic heterocycles. The summed E-state index contributed by atoms with van der Waals surface area (Å²) < 4.78 is 15.0. The van der Waals surface area contributed by atoms with E-state index in [0.29, 0.717) is 28.7 Å². The van der Waals surface area contributed by atoms with E-state index in [1.54, 1.807) is 25.5 Å². The van der Waals surface area contributed by atoms with Crippen LogP contribution < -0.4 is 10.6 Å². The minimum atomic E-state index is -0.702. The molecule has 2 N–H and O–H groups in total. The lowest BCUT2D eigenvalue weighted by atomic mass is 9.54. The Bertz CT molecular complexity index is 1130. The van der Waals surface area contributed by atoms with Gasteiger partial charge in [-0.15, -0.1) is 0 Å².